The molecule has 25 heavy (non-hydrogen) atoms. The van der Waals surface area contributed by atoms with E-state index >= 15 is 0 Å². The van der Waals surface area contributed by atoms with Gasteiger partial charge in [-0.1, -0.05) is 36.4 Å². The molecule has 0 bridgehead atoms. The lowest BCUT2D eigenvalue weighted by molar-refractivity contribution is 0.373. The summed E-state index contributed by atoms with van der Waals surface area (Å²) in [5.41, 5.74) is 1.89. The normalized spacial score (nSPS) is 11.3. The molecule has 4 heteroatoms. The fourth-order valence-corrected chi connectivity index (χ4v) is 2.41. The van der Waals surface area contributed by atoms with E-state index in [4.69, 9.17) is 9.47 Å². The zero-order chi connectivity index (χ0) is 18.1. The van der Waals surface area contributed by atoms with E-state index < -0.39 is 0 Å². The lowest BCUT2D eigenvalue weighted by Crippen LogP contribution is -1.83. The Bertz CT molecular complexity index is 684. The molecule has 2 aromatic rings. The maximum atomic E-state index is 9.73. The largest absolute Gasteiger partial charge is 0.504 e. The molecule has 2 rings (SSSR count). The third-order valence-corrected chi connectivity index (χ3v) is 3.77. The molecule has 0 aromatic heterocycles. The van der Waals surface area contributed by atoms with E-state index in [9.17, 15) is 10.2 Å². The second-order valence-electron chi connectivity index (χ2n) is 5.60. The Kier molecular flexibility index (Phi) is 6.96. The van der Waals surface area contributed by atoms with Gasteiger partial charge in [0.25, 0.3) is 0 Å². The van der Waals surface area contributed by atoms with Crippen molar-refractivity contribution in [3.8, 4) is 23.0 Å². The number of benzene rings is 2. The average molecular weight is 340 g/mol. The van der Waals surface area contributed by atoms with Crippen LogP contribution in [0.1, 0.15) is 30.4 Å². The van der Waals surface area contributed by atoms with Crippen molar-refractivity contribution in [3.05, 3.63) is 59.7 Å². The summed E-state index contributed by atoms with van der Waals surface area (Å²) in [5, 5.41) is 19.5. The molecule has 0 saturated heterocycles. The summed E-state index contributed by atoms with van der Waals surface area (Å²) in [7, 11) is 3.07. The van der Waals surface area contributed by atoms with Gasteiger partial charge in [0, 0.05) is 0 Å². The zero-order valence-electron chi connectivity index (χ0n) is 14.6. The molecule has 0 atom stereocenters. The number of hydrogen-bond donors (Lipinski definition) is 2. The van der Waals surface area contributed by atoms with Crippen molar-refractivity contribution >= 4 is 12.2 Å². The van der Waals surface area contributed by atoms with Crippen LogP contribution in [0.2, 0.25) is 0 Å². The van der Waals surface area contributed by atoms with E-state index in [0.29, 0.717) is 11.5 Å². The van der Waals surface area contributed by atoms with Crippen LogP contribution < -0.4 is 9.47 Å². The minimum atomic E-state index is 0.148. The van der Waals surface area contributed by atoms with E-state index in [0.717, 1.165) is 30.4 Å². The van der Waals surface area contributed by atoms with Gasteiger partial charge in [-0.25, -0.2) is 0 Å². The summed E-state index contributed by atoms with van der Waals surface area (Å²) in [5.74, 6) is 1.25. The van der Waals surface area contributed by atoms with Gasteiger partial charge in [0.2, 0.25) is 0 Å². The highest BCUT2D eigenvalue weighted by Crippen LogP contribution is 2.27. The molecule has 0 aliphatic rings. The van der Waals surface area contributed by atoms with Gasteiger partial charge in [0.05, 0.1) is 14.2 Å². The molecule has 0 heterocycles. The number of rotatable bonds is 8. The third kappa shape index (κ3) is 5.60. The Morgan fingerprint density at radius 2 is 1.20 bits per heavy atom. The third-order valence-electron chi connectivity index (χ3n) is 3.77. The summed E-state index contributed by atoms with van der Waals surface area (Å²) in [6.07, 6.45) is 11.1. The van der Waals surface area contributed by atoms with Gasteiger partial charge < -0.3 is 19.7 Å². The standard InChI is InChI=1S/C21H24O4/c1-24-20-12-10-16(14-18(20)22)8-6-4-3-5-7-9-17-11-13-21(25-2)19(23)15-17/h6-15,22-23H,3-5H2,1-2H3. The molecule has 4 nitrogen and oxygen atoms in total. The Hall–Kier alpha value is -2.88. The molecule has 0 saturated carbocycles. The Balaban J connectivity index is 1.75. The number of hydrogen-bond acceptors (Lipinski definition) is 4. The number of unbranched alkanes of at least 4 members (excludes halogenated alkanes) is 2. The monoisotopic (exact) mass is 340 g/mol. The molecule has 0 aliphatic heterocycles. The fourth-order valence-electron chi connectivity index (χ4n) is 2.41. The number of phenols is 2. The Morgan fingerprint density at radius 3 is 1.56 bits per heavy atom. The van der Waals surface area contributed by atoms with E-state index in [2.05, 4.69) is 12.2 Å². The van der Waals surface area contributed by atoms with Gasteiger partial charge >= 0.3 is 0 Å². The van der Waals surface area contributed by atoms with E-state index in [-0.39, 0.29) is 11.5 Å². The van der Waals surface area contributed by atoms with Crippen molar-refractivity contribution < 1.29 is 19.7 Å². The van der Waals surface area contributed by atoms with Gasteiger partial charge in [0.1, 0.15) is 0 Å². The van der Waals surface area contributed by atoms with Crippen LogP contribution in [-0.2, 0) is 0 Å². The summed E-state index contributed by atoms with van der Waals surface area (Å²) in [6, 6.07) is 10.7. The first kappa shape index (κ1) is 18.5. The van der Waals surface area contributed by atoms with Crippen LogP contribution in [0.5, 0.6) is 23.0 Å². The van der Waals surface area contributed by atoms with Gasteiger partial charge in [-0.05, 0) is 54.7 Å². The van der Waals surface area contributed by atoms with Crippen LogP contribution in [0.4, 0.5) is 0 Å². The highest BCUT2D eigenvalue weighted by Gasteiger charge is 2.00. The Morgan fingerprint density at radius 1 is 0.760 bits per heavy atom. The van der Waals surface area contributed by atoms with Gasteiger partial charge in [0.15, 0.2) is 23.0 Å². The lowest BCUT2D eigenvalue weighted by Gasteiger charge is -2.03. The van der Waals surface area contributed by atoms with Crippen LogP contribution in [0.25, 0.3) is 12.2 Å². The van der Waals surface area contributed by atoms with Crippen LogP contribution >= 0.6 is 0 Å². The molecule has 2 aromatic carbocycles. The van der Waals surface area contributed by atoms with Crippen molar-refractivity contribution in [2.75, 3.05) is 14.2 Å². The van der Waals surface area contributed by atoms with Crippen molar-refractivity contribution in [1.29, 1.82) is 0 Å². The predicted octanol–water partition coefficient (Wildman–Crippen LogP) is 5.01. The van der Waals surface area contributed by atoms with Crippen LogP contribution in [0.15, 0.2) is 48.6 Å². The quantitative estimate of drug-likeness (QED) is 0.663. The number of methoxy groups -OCH3 is 2. The van der Waals surface area contributed by atoms with Gasteiger partial charge in [-0.2, -0.15) is 0 Å². The van der Waals surface area contributed by atoms with Crippen LogP contribution in [-0.4, -0.2) is 24.4 Å². The van der Waals surface area contributed by atoms with Crippen molar-refractivity contribution in [3.63, 3.8) is 0 Å². The minimum absolute atomic E-state index is 0.148. The zero-order valence-corrected chi connectivity index (χ0v) is 14.6. The van der Waals surface area contributed by atoms with Gasteiger partial charge in [-0.15, -0.1) is 0 Å². The molecule has 0 amide bonds. The highest BCUT2D eigenvalue weighted by molar-refractivity contribution is 5.56. The second-order valence-corrected chi connectivity index (χ2v) is 5.60. The molecule has 0 fully saturated rings. The predicted molar refractivity (Wildman–Crippen MR) is 101 cm³/mol. The smallest absolute Gasteiger partial charge is 0.160 e. The molecule has 0 aliphatic carbocycles. The molecular weight excluding hydrogens is 316 g/mol. The number of allylic oxidation sites excluding steroid dienone is 2. The number of aromatic hydroxyl groups is 2. The van der Waals surface area contributed by atoms with E-state index in [1.54, 1.807) is 24.3 Å². The second kappa shape index (κ2) is 9.42. The SMILES string of the molecule is COc1ccc(C=CCCCC=Cc2ccc(OC)c(O)c2)cc1O. The topological polar surface area (TPSA) is 58.9 Å². The summed E-state index contributed by atoms with van der Waals surface area (Å²) < 4.78 is 10.0. The molecule has 132 valence electrons. The first-order valence-corrected chi connectivity index (χ1v) is 8.21. The summed E-state index contributed by atoms with van der Waals surface area (Å²) in [4.78, 5) is 0. The Labute approximate surface area is 148 Å². The maximum absolute atomic E-state index is 9.73. The average Bonchev–Trinajstić information content (AvgIpc) is 2.61. The molecule has 2 N–H and O–H groups in total. The lowest BCUT2D eigenvalue weighted by atomic mass is 10.1. The van der Waals surface area contributed by atoms with Crippen LogP contribution in [0.3, 0.4) is 0 Å². The first-order valence-electron chi connectivity index (χ1n) is 8.21. The van der Waals surface area contributed by atoms with Crippen molar-refractivity contribution in [1.82, 2.24) is 0 Å². The van der Waals surface area contributed by atoms with Crippen LogP contribution in [0, 0.1) is 0 Å². The fraction of sp³-hybridized carbons (Fsp3) is 0.238. The molecular formula is C21H24O4. The molecule has 0 unspecified atom stereocenters. The summed E-state index contributed by atoms with van der Waals surface area (Å²) in [6.45, 7) is 0. The number of ether oxygens (including phenoxy) is 2. The number of phenolic OH excluding ortho intramolecular Hbond substituents is 2. The minimum Gasteiger partial charge on any atom is -0.504 e. The highest BCUT2D eigenvalue weighted by atomic mass is 16.5. The molecule has 0 radical (unpaired) electrons. The first-order chi connectivity index (χ1) is 12.1. The maximum Gasteiger partial charge on any atom is 0.160 e. The molecule has 0 spiro atoms. The van der Waals surface area contributed by atoms with E-state index in [1.165, 1.54) is 14.2 Å². The van der Waals surface area contributed by atoms with E-state index in [1.807, 2.05) is 24.3 Å². The van der Waals surface area contributed by atoms with Crippen molar-refractivity contribution in [2.45, 2.75) is 19.3 Å². The van der Waals surface area contributed by atoms with Gasteiger partial charge in [-0.3, -0.25) is 0 Å². The summed E-state index contributed by atoms with van der Waals surface area (Å²) >= 11 is 0. The van der Waals surface area contributed by atoms with Crippen molar-refractivity contribution in [2.24, 2.45) is 0 Å².